The van der Waals surface area contributed by atoms with Crippen molar-refractivity contribution in [3.05, 3.63) is 18.5 Å². The number of aromatic nitrogens is 1. The molecule has 2 aromatic rings. The molecule has 1 heterocycles. The van der Waals surface area contributed by atoms with E-state index >= 15 is 0 Å². The summed E-state index contributed by atoms with van der Waals surface area (Å²) < 4.78 is 10.4. The Balaban J connectivity index is 2.67. The van der Waals surface area contributed by atoms with Crippen molar-refractivity contribution in [2.24, 2.45) is 0 Å². The maximum absolute atomic E-state index is 5.21. The van der Waals surface area contributed by atoms with E-state index in [-0.39, 0.29) is 0 Å². The number of methoxy groups -OCH3 is 1. The lowest BCUT2D eigenvalue weighted by atomic mass is 10.3. The van der Waals surface area contributed by atoms with Gasteiger partial charge in [-0.25, -0.2) is 4.98 Å². The zero-order chi connectivity index (χ0) is 9.26. The molecule has 0 saturated carbocycles. The molecule has 1 aromatic carbocycles. The van der Waals surface area contributed by atoms with Crippen LogP contribution in [0, 0.1) is 0 Å². The van der Waals surface area contributed by atoms with E-state index in [1.807, 2.05) is 18.4 Å². The highest BCUT2D eigenvalue weighted by Crippen LogP contribution is 2.31. The smallest absolute Gasteiger partial charge is 0.181 e. The first-order valence-corrected chi connectivity index (χ1v) is 5.03. The average Bonchev–Trinajstić information content (AvgIpc) is 2.62. The zero-order valence-electron chi connectivity index (χ0n) is 7.40. The van der Waals surface area contributed by atoms with Crippen LogP contribution < -0.4 is 4.74 Å². The summed E-state index contributed by atoms with van der Waals surface area (Å²) >= 11 is 1.63. The van der Waals surface area contributed by atoms with E-state index in [1.54, 1.807) is 18.9 Å². The number of rotatable bonds is 2. The number of hydrogen-bond donors (Lipinski definition) is 0. The van der Waals surface area contributed by atoms with Crippen LogP contribution in [0.4, 0.5) is 0 Å². The second-order valence-electron chi connectivity index (χ2n) is 2.53. The monoisotopic (exact) mass is 195 g/mol. The van der Waals surface area contributed by atoms with Gasteiger partial charge in [0.2, 0.25) is 0 Å². The first-order chi connectivity index (χ1) is 6.35. The zero-order valence-corrected chi connectivity index (χ0v) is 8.22. The maximum atomic E-state index is 5.21. The summed E-state index contributed by atoms with van der Waals surface area (Å²) in [5.74, 6) is 0.842. The van der Waals surface area contributed by atoms with Gasteiger partial charge < -0.3 is 9.15 Å². The van der Waals surface area contributed by atoms with Crippen molar-refractivity contribution < 1.29 is 9.15 Å². The lowest BCUT2D eigenvalue weighted by molar-refractivity contribution is 0.405. The first-order valence-electron chi connectivity index (χ1n) is 3.80. The Morgan fingerprint density at radius 3 is 3.00 bits per heavy atom. The molecule has 2 rings (SSSR count). The summed E-state index contributed by atoms with van der Waals surface area (Å²) in [5, 5.41) is 0. The van der Waals surface area contributed by atoms with Gasteiger partial charge in [0.05, 0.1) is 12.0 Å². The molecule has 3 nitrogen and oxygen atoms in total. The van der Waals surface area contributed by atoms with Crippen molar-refractivity contribution in [2.75, 3.05) is 13.4 Å². The van der Waals surface area contributed by atoms with Crippen molar-refractivity contribution in [1.82, 2.24) is 4.98 Å². The molecule has 0 fully saturated rings. The Morgan fingerprint density at radius 1 is 1.46 bits per heavy atom. The third kappa shape index (κ3) is 1.37. The van der Waals surface area contributed by atoms with Gasteiger partial charge in [0.25, 0.3) is 0 Å². The number of benzene rings is 1. The number of thioether (sulfide) groups is 1. The van der Waals surface area contributed by atoms with Gasteiger partial charge in [-0.2, -0.15) is 0 Å². The minimum atomic E-state index is 0.796. The summed E-state index contributed by atoms with van der Waals surface area (Å²) in [6.45, 7) is 0. The van der Waals surface area contributed by atoms with E-state index in [2.05, 4.69) is 4.98 Å². The van der Waals surface area contributed by atoms with Gasteiger partial charge in [-0.05, 0) is 6.26 Å². The van der Waals surface area contributed by atoms with Gasteiger partial charge >= 0.3 is 0 Å². The van der Waals surface area contributed by atoms with Crippen LogP contribution in [0.3, 0.4) is 0 Å². The number of hydrogen-bond acceptors (Lipinski definition) is 4. The molecular weight excluding hydrogens is 186 g/mol. The lowest BCUT2D eigenvalue weighted by Gasteiger charge is -2.04. The summed E-state index contributed by atoms with van der Waals surface area (Å²) in [6.07, 6.45) is 3.44. The Hall–Kier alpha value is -1.16. The summed E-state index contributed by atoms with van der Waals surface area (Å²) in [6, 6.07) is 3.82. The second kappa shape index (κ2) is 3.30. The Morgan fingerprint density at radius 2 is 2.31 bits per heavy atom. The molecule has 0 aliphatic carbocycles. The molecule has 0 amide bonds. The fraction of sp³-hybridized carbons (Fsp3) is 0.222. The van der Waals surface area contributed by atoms with E-state index in [0.717, 1.165) is 21.7 Å². The topological polar surface area (TPSA) is 35.3 Å². The normalized spacial score (nSPS) is 10.6. The molecule has 0 saturated heterocycles. The average molecular weight is 195 g/mol. The fourth-order valence-electron chi connectivity index (χ4n) is 1.18. The van der Waals surface area contributed by atoms with Gasteiger partial charge in [0.1, 0.15) is 11.3 Å². The third-order valence-corrected chi connectivity index (χ3v) is 2.60. The Kier molecular flexibility index (Phi) is 2.14. The molecule has 68 valence electrons. The third-order valence-electron chi connectivity index (χ3n) is 1.84. The largest absolute Gasteiger partial charge is 0.496 e. The molecule has 0 unspecified atom stereocenters. The SMILES string of the molecule is COc1cc2ncoc2cc1SC. The number of fused-ring (bicyclic) bond motifs is 1. The fourth-order valence-corrected chi connectivity index (χ4v) is 1.75. The second-order valence-corrected chi connectivity index (χ2v) is 3.38. The molecule has 0 aliphatic heterocycles. The maximum Gasteiger partial charge on any atom is 0.181 e. The predicted octanol–water partition coefficient (Wildman–Crippen LogP) is 2.56. The molecule has 0 radical (unpaired) electrons. The van der Waals surface area contributed by atoms with E-state index in [0.29, 0.717) is 0 Å². The van der Waals surface area contributed by atoms with E-state index in [9.17, 15) is 0 Å². The molecule has 1 aromatic heterocycles. The molecule has 0 N–H and O–H groups in total. The first kappa shape index (κ1) is 8.44. The van der Waals surface area contributed by atoms with Gasteiger partial charge in [0.15, 0.2) is 12.0 Å². The van der Waals surface area contributed by atoms with E-state index in [4.69, 9.17) is 9.15 Å². The summed E-state index contributed by atoms with van der Waals surface area (Å²) in [7, 11) is 1.65. The highest BCUT2D eigenvalue weighted by molar-refractivity contribution is 7.98. The van der Waals surface area contributed by atoms with Crippen LogP contribution in [-0.4, -0.2) is 18.3 Å². The van der Waals surface area contributed by atoms with Crippen LogP contribution in [0.1, 0.15) is 0 Å². The number of ether oxygens (including phenoxy) is 1. The molecule has 13 heavy (non-hydrogen) atoms. The van der Waals surface area contributed by atoms with Crippen LogP contribution in [0.2, 0.25) is 0 Å². The summed E-state index contributed by atoms with van der Waals surface area (Å²) in [5.41, 5.74) is 1.62. The van der Waals surface area contributed by atoms with Crippen LogP contribution >= 0.6 is 11.8 Å². The molecule has 0 bridgehead atoms. The van der Waals surface area contributed by atoms with Crippen LogP contribution in [0.15, 0.2) is 27.8 Å². The highest BCUT2D eigenvalue weighted by Gasteiger charge is 2.06. The van der Waals surface area contributed by atoms with Crippen LogP contribution in [0.25, 0.3) is 11.1 Å². The molecule has 0 spiro atoms. The Bertz CT molecular complexity index is 386. The van der Waals surface area contributed by atoms with Crippen molar-refractivity contribution in [1.29, 1.82) is 0 Å². The van der Waals surface area contributed by atoms with Crippen LogP contribution in [-0.2, 0) is 0 Å². The van der Waals surface area contributed by atoms with Crippen LogP contribution in [0.5, 0.6) is 5.75 Å². The molecule has 4 heteroatoms. The van der Waals surface area contributed by atoms with Crippen molar-refractivity contribution in [2.45, 2.75) is 4.90 Å². The summed E-state index contributed by atoms with van der Waals surface area (Å²) in [4.78, 5) is 5.11. The minimum absolute atomic E-state index is 0.796. The van der Waals surface area contributed by atoms with Gasteiger partial charge in [0, 0.05) is 12.1 Å². The quantitative estimate of drug-likeness (QED) is 0.690. The van der Waals surface area contributed by atoms with Gasteiger partial charge in [-0.15, -0.1) is 11.8 Å². The Labute approximate surface area is 80.1 Å². The van der Waals surface area contributed by atoms with Gasteiger partial charge in [-0.3, -0.25) is 0 Å². The number of oxazole rings is 1. The molecule has 0 atom stereocenters. The van der Waals surface area contributed by atoms with E-state index < -0.39 is 0 Å². The van der Waals surface area contributed by atoms with Crippen molar-refractivity contribution >= 4 is 22.9 Å². The number of nitrogens with zero attached hydrogens (tertiary/aromatic N) is 1. The van der Waals surface area contributed by atoms with Crippen molar-refractivity contribution in [3.8, 4) is 5.75 Å². The van der Waals surface area contributed by atoms with E-state index in [1.165, 1.54) is 6.39 Å². The predicted molar refractivity (Wildman–Crippen MR) is 52.3 cm³/mol. The molecule has 0 aliphatic rings. The van der Waals surface area contributed by atoms with Crippen molar-refractivity contribution in [3.63, 3.8) is 0 Å². The minimum Gasteiger partial charge on any atom is -0.496 e. The molecular formula is C9H9NO2S. The standard InChI is InChI=1S/C9H9NO2S/c1-11-8-3-6-7(12-5-10-6)4-9(8)13-2/h3-5H,1-2H3. The highest BCUT2D eigenvalue weighted by atomic mass is 32.2. The van der Waals surface area contributed by atoms with Gasteiger partial charge in [-0.1, -0.05) is 0 Å². The lowest BCUT2D eigenvalue weighted by Crippen LogP contribution is -1.85.